The van der Waals surface area contributed by atoms with Crippen LogP contribution in [0.5, 0.6) is 11.5 Å². The maximum absolute atomic E-state index is 13.4. The number of carbonyl (C=O) groups excluding carboxylic acids is 3. The lowest BCUT2D eigenvalue weighted by molar-refractivity contribution is -0.128. The topological polar surface area (TPSA) is 167 Å². The van der Waals surface area contributed by atoms with E-state index in [2.05, 4.69) is 0 Å². The number of carbonyl (C=O) groups is 3. The highest BCUT2D eigenvalue weighted by molar-refractivity contribution is 6.30. The zero-order valence-corrected chi connectivity index (χ0v) is 19.8. The van der Waals surface area contributed by atoms with Gasteiger partial charge in [0.15, 0.2) is 17.3 Å². The van der Waals surface area contributed by atoms with Gasteiger partial charge in [0.2, 0.25) is 0 Å². The molecule has 2 aromatic rings. The number of rotatable bonds is 4. The number of aliphatic hydroxyl groups excluding tert-OH is 2. The summed E-state index contributed by atoms with van der Waals surface area (Å²) in [5, 5.41) is 42.4. The Morgan fingerprint density at radius 2 is 1.67 bits per heavy atom. The van der Waals surface area contributed by atoms with Crippen LogP contribution in [0.3, 0.4) is 0 Å². The van der Waals surface area contributed by atoms with E-state index < -0.39 is 65.9 Å². The molecule has 190 valence electrons. The summed E-state index contributed by atoms with van der Waals surface area (Å²) in [6.45, 7) is 1.04. The van der Waals surface area contributed by atoms with E-state index in [1.165, 1.54) is 12.1 Å². The third kappa shape index (κ3) is 3.74. The Morgan fingerprint density at radius 1 is 1.06 bits per heavy atom. The molecule has 9 heteroatoms. The zero-order valence-electron chi connectivity index (χ0n) is 19.8. The van der Waals surface area contributed by atoms with Gasteiger partial charge in [0.25, 0.3) is 0 Å². The molecule has 1 fully saturated rings. The molecule has 0 bridgehead atoms. The van der Waals surface area contributed by atoms with Gasteiger partial charge in [-0.1, -0.05) is 24.3 Å². The van der Waals surface area contributed by atoms with E-state index in [-0.39, 0.29) is 46.4 Å². The Hall–Kier alpha value is -3.11. The number of hydrogen-bond acceptors (Lipinski definition) is 9. The third-order valence-corrected chi connectivity index (χ3v) is 7.91. The molecule has 6 atom stereocenters. The molecular weight excluding hydrogens is 466 g/mol. The van der Waals surface area contributed by atoms with E-state index in [4.69, 9.17) is 10.5 Å². The zero-order chi connectivity index (χ0) is 25.9. The molecule has 0 saturated carbocycles. The predicted molar refractivity (Wildman–Crippen MR) is 127 cm³/mol. The van der Waals surface area contributed by atoms with Crippen molar-refractivity contribution in [3.05, 3.63) is 57.6 Å². The van der Waals surface area contributed by atoms with Crippen LogP contribution < -0.4 is 5.73 Å². The predicted octanol–water partition coefficient (Wildman–Crippen LogP) is 1.34. The second-order valence-corrected chi connectivity index (χ2v) is 10.1. The Morgan fingerprint density at radius 3 is 2.25 bits per heavy atom. The first-order valence-electron chi connectivity index (χ1n) is 12.2. The number of phenolic OH excluding ortho intramolecular Hbond substituents is 2. The molecule has 9 nitrogen and oxygen atoms in total. The minimum Gasteiger partial charge on any atom is -0.507 e. The summed E-state index contributed by atoms with van der Waals surface area (Å²) in [6.07, 6.45) is -0.829. The molecule has 2 aromatic carbocycles. The van der Waals surface area contributed by atoms with Crippen molar-refractivity contribution in [1.29, 1.82) is 0 Å². The van der Waals surface area contributed by atoms with Gasteiger partial charge in [-0.2, -0.15) is 0 Å². The SMILES string of the molecule is C[C@@H]1O[C@@H](CC2CC(C(=O)CO)Cc3c(O)c4c(c(O)c32)C(=O)c2ccccc2C4=O)C[C@H](N)[C@@H]1O. The van der Waals surface area contributed by atoms with Gasteiger partial charge in [0.05, 0.1) is 29.4 Å². The van der Waals surface area contributed by atoms with Gasteiger partial charge in [-0.25, -0.2) is 0 Å². The van der Waals surface area contributed by atoms with Crippen molar-refractivity contribution in [2.75, 3.05) is 6.61 Å². The lowest BCUT2D eigenvalue weighted by Gasteiger charge is -2.40. The highest BCUT2D eigenvalue weighted by Gasteiger charge is 2.44. The summed E-state index contributed by atoms with van der Waals surface area (Å²) in [5.41, 5.74) is 6.41. The Kier molecular flexibility index (Phi) is 6.20. The Bertz CT molecular complexity index is 1260. The van der Waals surface area contributed by atoms with Gasteiger partial charge in [0.1, 0.15) is 18.1 Å². The van der Waals surface area contributed by atoms with Crippen LogP contribution in [0.4, 0.5) is 0 Å². The van der Waals surface area contributed by atoms with Crippen LogP contribution in [-0.4, -0.2) is 68.7 Å². The van der Waals surface area contributed by atoms with Crippen LogP contribution in [0, 0.1) is 5.92 Å². The number of Topliss-reactive ketones (excluding diaryl/α,β-unsaturated/α-hetero) is 1. The Balaban J connectivity index is 1.63. The smallest absolute Gasteiger partial charge is 0.198 e. The van der Waals surface area contributed by atoms with Crippen molar-refractivity contribution in [2.24, 2.45) is 11.7 Å². The van der Waals surface area contributed by atoms with Gasteiger partial charge in [-0.05, 0) is 38.5 Å². The lowest BCUT2D eigenvalue weighted by Crippen LogP contribution is -2.51. The van der Waals surface area contributed by atoms with Gasteiger partial charge in [-0.3, -0.25) is 14.4 Å². The summed E-state index contributed by atoms with van der Waals surface area (Å²) in [4.78, 5) is 39.2. The monoisotopic (exact) mass is 495 g/mol. The summed E-state index contributed by atoms with van der Waals surface area (Å²) in [7, 11) is 0. The normalized spacial score (nSPS) is 29.3. The highest BCUT2D eigenvalue weighted by atomic mass is 16.5. The van der Waals surface area contributed by atoms with E-state index in [0.717, 1.165) is 0 Å². The third-order valence-electron chi connectivity index (χ3n) is 7.91. The van der Waals surface area contributed by atoms with Crippen molar-refractivity contribution in [1.82, 2.24) is 0 Å². The molecule has 6 N–H and O–H groups in total. The summed E-state index contributed by atoms with van der Waals surface area (Å²) >= 11 is 0. The molecule has 0 amide bonds. The Labute approximate surface area is 207 Å². The van der Waals surface area contributed by atoms with E-state index in [1.54, 1.807) is 19.1 Å². The first kappa shape index (κ1) is 24.6. The number of hydrogen-bond donors (Lipinski definition) is 5. The molecule has 36 heavy (non-hydrogen) atoms. The fourth-order valence-corrected chi connectivity index (χ4v) is 6.11. The maximum atomic E-state index is 13.4. The standard InChI is InChI=1S/C27H29NO8/c1-11-23(31)18(28)9-14(36-11)7-13-6-12(19(30)10-29)8-17-20(13)27(35)22-21(26(17)34)24(32)15-4-2-3-5-16(15)25(22)33/h2-5,11-14,18,23,29,31,34-35H,6-10,28H2,1H3/t11-,12?,13?,14-,18-,23+/m0/s1. The van der Waals surface area contributed by atoms with Crippen molar-refractivity contribution in [3.8, 4) is 11.5 Å². The molecule has 1 saturated heterocycles. The molecule has 2 unspecified atom stereocenters. The molecule has 2 aliphatic carbocycles. The number of ketones is 3. The second-order valence-electron chi connectivity index (χ2n) is 10.1. The quantitative estimate of drug-likeness (QED) is 0.335. The molecule has 3 aliphatic rings. The van der Waals surface area contributed by atoms with E-state index in [1.807, 2.05) is 0 Å². The number of nitrogens with two attached hydrogens (primary N) is 1. The van der Waals surface area contributed by atoms with Crippen LogP contribution in [0.1, 0.15) is 75.1 Å². The number of fused-ring (bicyclic) bond motifs is 3. The van der Waals surface area contributed by atoms with E-state index in [9.17, 15) is 34.8 Å². The van der Waals surface area contributed by atoms with Crippen LogP contribution in [0.25, 0.3) is 0 Å². The van der Waals surface area contributed by atoms with Crippen molar-refractivity contribution < 1.29 is 39.5 Å². The molecular formula is C27H29NO8. The fraction of sp³-hybridized carbons (Fsp3) is 0.444. The van der Waals surface area contributed by atoms with Crippen molar-refractivity contribution >= 4 is 17.3 Å². The van der Waals surface area contributed by atoms with Crippen LogP contribution in [0.15, 0.2) is 24.3 Å². The number of phenols is 2. The molecule has 1 heterocycles. The average molecular weight is 496 g/mol. The van der Waals surface area contributed by atoms with E-state index in [0.29, 0.717) is 18.4 Å². The number of ether oxygens (including phenoxy) is 1. The van der Waals surface area contributed by atoms with Gasteiger partial charge in [0, 0.05) is 34.2 Å². The van der Waals surface area contributed by atoms with E-state index >= 15 is 0 Å². The second kappa shape index (κ2) is 9.08. The molecule has 0 radical (unpaired) electrons. The number of benzene rings is 2. The van der Waals surface area contributed by atoms with Crippen LogP contribution in [0.2, 0.25) is 0 Å². The van der Waals surface area contributed by atoms with Crippen LogP contribution in [-0.2, 0) is 16.0 Å². The average Bonchev–Trinajstić information content (AvgIpc) is 2.87. The molecule has 5 rings (SSSR count). The first-order valence-corrected chi connectivity index (χ1v) is 12.2. The first-order chi connectivity index (χ1) is 17.1. The fourth-order valence-electron chi connectivity index (χ4n) is 6.11. The van der Waals surface area contributed by atoms with Gasteiger partial charge < -0.3 is 30.9 Å². The maximum Gasteiger partial charge on any atom is 0.198 e. The van der Waals surface area contributed by atoms with Gasteiger partial charge in [-0.15, -0.1) is 0 Å². The largest absolute Gasteiger partial charge is 0.507 e. The summed E-state index contributed by atoms with van der Waals surface area (Å²) in [5.74, 6) is -3.53. The molecule has 0 aromatic heterocycles. The molecule has 1 aliphatic heterocycles. The van der Waals surface area contributed by atoms with Crippen molar-refractivity contribution in [2.45, 2.75) is 62.9 Å². The minimum absolute atomic E-state index is 0.0151. The molecule has 0 spiro atoms. The number of aliphatic hydroxyl groups is 2. The van der Waals surface area contributed by atoms with Crippen molar-refractivity contribution in [3.63, 3.8) is 0 Å². The van der Waals surface area contributed by atoms with Crippen LogP contribution >= 0.6 is 0 Å². The lowest BCUT2D eigenvalue weighted by atomic mass is 9.69. The summed E-state index contributed by atoms with van der Waals surface area (Å²) in [6, 6.07) is 5.72. The van der Waals surface area contributed by atoms with Gasteiger partial charge >= 0.3 is 0 Å². The number of aromatic hydroxyl groups is 2. The minimum atomic E-state index is -0.822. The summed E-state index contributed by atoms with van der Waals surface area (Å²) < 4.78 is 5.95. The highest BCUT2D eigenvalue weighted by Crippen LogP contribution is 2.51.